The third-order valence-electron chi connectivity index (χ3n) is 4.62. The molecule has 0 aliphatic rings. The molecular formula is C21H24N2O4. The van der Waals surface area contributed by atoms with Crippen molar-refractivity contribution in [1.82, 2.24) is 10.3 Å². The number of aromatic nitrogens is 1. The number of para-hydroxylation sites is 1. The number of ether oxygens (including phenoxy) is 3. The summed E-state index contributed by atoms with van der Waals surface area (Å²) in [5.41, 5.74) is 3.05. The summed E-state index contributed by atoms with van der Waals surface area (Å²) in [6, 6.07) is 13.2. The zero-order valence-corrected chi connectivity index (χ0v) is 15.7. The number of hydrogen-bond acceptors (Lipinski definition) is 5. The Morgan fingerprint density at radius 2 is 1.89 bits per heavy atom. The van der Waals surface area contributed by atoms with Gasteiger partial charge in [0, 0.05) is 41.7 Å². The van der Waals surface area contributed by atoms with Gasteiger partial charge in [-0.25, -0.2) is 0 Å². The summed E-state index contributed by atoms with van der Waals surface area (Å²) in [5, 5.41) is 4.40. The minimum Gasteiger partial charge on any atom is -0.497 e. The van der Waals surface area contributed by atoms with E-state index in [9.17, 15) is 4.79 Å². The molecule has 0 saturated carbocycles. The van der Waals surface area contributed by atoms with Crippen molar-refractivity contribution in [3.63, 3.8) is 0 Å². The SMILES string of the molecule is COC(=O)[C@H](Cc1c[nH]c2ccccc12)NCc1ccc(OC)cc1OC. The third-order valence-corrected chi connectivity index (χ3v) is 4.62. The van der Waals surface area contributed by atoms with Crippen molar-refractivity contribution in [2.75, 3.05) is 21.3 Å². The predicted molar refractivity (Wildman–Crippen MR) is 104 cm³/mol. The van der Waals surface area contributed by atoms with Crippen LogP contribution in [-0.4, -0.2) is 38.3 Å². The maximum atomic E-state index is 12.3. The maximum absolute atomic E-state index is 12.3. The highest BCUT2D eigenvalue weighted by Crippen LogP contribution is 2.25. The summed E-state index contributed by atoms with van der Waals surface area (Å²) in [6.07, 6.45) is 2.46. The molecule has 2 aromatic carbocycles. The minimum atomic E-state index is -0.471. The molecule has 0 bridgehead atoms. The standard InChI is InChI=1S/C21H24N2O4/c1-25-16-9-8-14(20(11-16)26-2)12-23-19(21(24)27-3)10-15-13-22-18-7-5-4-6-17(15)18/h4-9,11,13,19,22-23H,10,12H2,1-3H3/t19-/m0/s1. The Kier molecular flexibility index (Phi) is 5.98. The van der Waals surface area contributed by atoms with Crippen LogP contribution in [0.1, 0.15) is 11.1 Å². The van der Waals surface area contributed by atoms with Crippen molar-refractivity contribution < 1.29 is 19.0 Å². The highest BCUT2D eigenvalue weighted by atomic mass is 16.5. The molecule has 2 N–H and O–H groups in total. The van der Waals surface area contributed by atoms with Gasteiger partial charge in [-0.15, -0.1) is 0 Å². The number of aromatic amines is 1. The monoisotopic (exact) mass is 368 g/mol. The van der Waals surface area contributed by atoms with E-state index in [1.54, 1.807) is 14.2 Å². The first-order chi connectivity index (χ1) is 13.2. The molecule has 0 aliphatic carbocycles. The van der Waals surface area contributed by atoms with Crippen molar-refractivity contribution in [2.24, 2.45) is 0 Å². The van der Waals surface area contributed by atoms with Crippen molar-refractivity contribution >= 4 is 16.9 Å². The molecule has 6 nitrogen and oxygen atoms in total. The maximum Gasteiger partial charge on any atom is 0.323 e. The molecule has 3 rings (SSSR count). The van der Waals surface area contributed by atoms with Crippen LogP contribution in [0.15, 0.2) is 48.7 Å². The molecule has 3 aromatic rings. The van der Waals surface area contributed by atoms with Gasteiger partial charge in [-0.3, -0.25) is 10.1 Å². The van der Waals surface area contributed by atoms with E-state index in [-0.39, 0.29) is 5.97 Å². The van der Waals surface area contributed by atoms with Crippen LogP contribution in [0.3, 0.4) is 0 Å². The van der Waals surface area contributed by atoms with Crippen molar-refractivity contribution in [3.8, 4) is 11.5 Å². The van der Waals surface area contributed by atoms with Crippen LogP contribution in [0.2, 0.25) is 0 Å². The Morgan fingerprint density at radius 1 is 1.07 bits per heavy atom. The molecule has 0 fully saturated rings. The van der Waals surface area contributed by atoms with Crippen molar-refractivity contribution in [2.45, 2.75) is 19.0 Å². The lowest BCUT2D eigenvalue weighted by molar-refractivity contribution is -0.143. The molecule has 1 aromatic heterocycles. The predicted octanol–water partition coefficient (Wildman–Crippen LogP) is 3.06. The van der Waals surface area contributed by atoms with Gasteiger partial charge in [0.05, 0.1) is 21.3 Å². The molecule has 6 heteroatoms. The van der Waals surface area contributed by atoms with E-state index in [1.807, 2.05) is 48.7 Å². The summed E-state index contributed by atoms with van der Waals surface area (Å²) in [6.45, 7) is 0.468. The molecule has 1 atom stereocenters. The first kappa shape index (κ1) is 18.8. The van der Waals surface area contributed by atoms with Gasteiger partial charge in [0.25, 0.3) is 0 Å². The van der Waals surface area contributed by atoms with Gasteiger partial charge < -0.3 is 19.2 Å². The number of esters is 1. The van der Waals surface area contributed by atoms with Gasteiger partial charge >= 0.3 is 5.97 Å². The Balaban J connectivity index is 1.77. The normalized spacial score (nSPS) is 12.0. The number of nitrogens with one attached hydrogen (secondary N) is 2. The fourth-order valence-corrected chi connectivity index (χ4v) is 3.13. The number of hydrogen-bond donors (Lipinski definition) is 2. The highest BCUT2D eigenvalue weighted by Gasteiger charge is 2.21. The number of H-pyrrole nitrogens is 1. The van der Waals surface area contributed by atoms with Crippen LogP contribution < -0.4 is 14.8 Å². The first-order valence-corrected chi connectivity index (χ1v) is 8.73. The van der Waals surface area contributed by atoms with Gasteiger partial charge in [0.1, 0.15) is 17.5 Å². The summed E-state index contributed by atoms with van der Waals surface area (Å²) in [4.78, 5) is 15.5. The lowest BCUT2D eigenvalue weighted by Crippen LogP contribution is -2.39. The number of carbonyl (C=O) groups is 1. The second kappa shape index (κ2) is 8.60. The molecular weight excluding hydrogens is 344 g/mol. The minimum absolute atomic E-state index is 0.298. The van der Waals surface area contributed by atoms with E-state index in [2.05, 4.69) is 10.3 Å². The van der Waals surface area contributed by atoms with Crippen LogP contribution in [0.5, 0.6) is 11.5 Å². The summed E-state index contributed by atoms with van der Waals surface area (Å²) in [7, 11) is 4.63. The average Bonchev–Trinajstić information content (AvgIpc) is 3.13. The molecule has 0 spiro atoms. The molecule has 0 unspecified atom stereocenters. The first-order valence-electron chi connectivity index (χ1n) is 8.73. The quantitative estimate of drug-likeness (QED) is 0.598. The van der Waals surface area contributed by atoms with Gasteiger partial charge in [-0.1, -0.05) is 24.3 Å². The lowest BCUT2D eigenvalue weighted by Gasteiger charge is -2.18. The smallest absolute Gasteiger partial charge is 0.323 e. The Morgan fingerprint density at radius 3 is 2.63 bits per heavy atom. The molecule has 27 heavy (non-hydrogen) atoms. The number of fused-ring (bicyclic) bond motifs is 1. The topological polar surface area (TPSA) is 72.6 Å². The number of carbonyl (C=O) groups excluding carboxylic acids is 1. The van der Waals surface area contributed by atoms with Crippen LogP contribution in [0, 0.1) is 0 Å². The highest BCUT2D eigenvalue weighted by molar-refractivity contribution is 5.84. The second-order valence-electron chi connectivity index (χ2n) is 6.20. The van der Waals surface area contributed by atoms with E-state index >= 15 is 0 Å². The van der Waals surface area contributed by atoms with Crippen LogP contribution in [0.4, 0.5) is 0 Å². The average molecular weight is 368 g/mol. The Labute approximate surface area is 158 Å². The Hall–Kier alpha value is -2.99. The van der Waals surface area contributed by atoms with E-state index in [0.29, 0.717) is 18.7 Å². The zero-order valence-electron chi connectivity index (χ0n) is 15.7. The molecule has 142 valence electrons. The number of benzene rings is 2. The van der Waals surface area contributed by atoms with E-state index < -0.39 is 6.04 Å². The van der Waals surface area contributed by atoms with E-state index in [4.69, 9.17) is 14.2 Å². The molecule has 0 amide bonds. The second-order valence-corrected chi connectivity index (χ2v) is 6.20. The Bertz CT molecular complexity index is 919. The van der Waals surface area contributed by atoms with Gasteiger partial charge in [-0.2, -0.15) is 0 Å². The van der Waals surface area contributed by atoms with Crippen LogP contribution >= 0.6 is 0 Å². The van der Waals surface area contributed by atoms with Crippen molar-refractivity contribution in [1.29, 1.82) is 0 Å². The molecule has 1 heterocycles. The summed E-state index contributed by atoms with van der Waals surface area (Å²) in [5.74, 6) is 1.13. The van der Waals surface area contributed by atoms with Crippen LogP contribution in [-0.2, 0) is 22.5 Å². The van der Waals surface area contributed by atoms with Gasteiger partial charge in [0.2, 0.25) is 0 Å². The molecule has 0 radical (unpaired) electrons. The van der Waals surface area contributed by atoms with Crippen LogP contribution in [0.25, 0.3) is 10.9 Å². The fourth-order valence-electron chi connectivity index (χ4n) is 3.13. The lowest BCUT2D eigenvalue weighted by atomic mass is 10.0. The van der Waals surface area contributed by atoms with E-state index in [1.165, 1.54) is 7.11 Å². The van der Waals surface area contributed by atoms with Gasteiger partial charge in [0.15, 0.2) is 0 Å². The third kappa shape index (κ3) is 4.23. The van der Waals surface area contributed by atoms with Gasteiger partial charge in [-0.05, 0) is 17.7 Å². The summed E-state index contributed by atoms with van der Waals surface area (Å²) >= 11 is 0. The van der Waals surface area contributed by atoms with E-state index in [0.717, 1.165) is 27.8 Å². The summed E-state index contributed by atoms with van der Waals surface area (Å²) < 4.78 is 15.6. The molecule has 0 aliphatic heterocycles. The number of rotatable bonds is 8. The molecule has 0 saturated heterocycles. The largest absolute Gasteiger partial charge is 0.497 e. The zero-order chi connectivity index (χ0) is 19.2. The van der Waals surface area contributed by atoms with Crippen molar-refractivity contribution in [3.05, 3.63) is 59.8 Å². The fraction of sp³-hybridized carbons (Fsp3) is 0.286. The number of methoxy groups -OCH3 is 3.